The lowest BCUT2D eigenvalue weighted by Gasteiger charge is -2.12. The van der Waals surface area contributed by atoms with E-state index in [1.165, 1.54) is 11.3 Å². The summed E-state index contributed by atoms with van der Waals surface area (Å²) in [6.07, 6.45) is 2.53. The Morgan fingerprint density at radius 3 is 2.83 bits per heavy atom. The van der Waals surface area contributed by atoms with Crippen LogP contribution >= 0.6 is 34.5 Å². The molecular formula is C11H14Cl2N4S. The summed E-state index contributed by atoms with van der Waals surface area (Å²) in [5.74, 6) is 0.962. The lowest BCUT2D eigenvalue weighted by molar-refractivity contribution is 0.566. The summed E-state index contributed by atoms with van der Waals surface area (Å²) >= 11 is 13.4. The van der Waals surface area contributed by atoms with Crippen molar-refractivity contribution in [2.75, 3.05) is 6.54 Å². The van der Waals surface area contributed by atoms with E-state index >= 15 is 0 Å². The molecule has 0 aromatic carbocycles. The number of thiophene rings is 1. The molecule has 1 unspecified atom stereocenters. The Hall–Kier alpha value is -0.620. The van der Waals surface area contributed by atoms with E-state index in [1.54, 1.807) is 6.33 Å². The molecule has 0 radical (unpaired) electrons. The number of rotatable bonds is 5. The second-order valence-electron chi connectivity index (χ2n) is 4.06. The van der Waals surface area contributed by atoms with E-state index in [4.69, 9.17) is 23.2 Å². The zero-order chi connectivity index (χ0) is 13.1. The predicted octanol–water partition coefficient (Wildman–Crippen LogP) is 3.08. The van der Waals surface area contributed by atoms with Crippen molar-refractivity contribution in [1.29, 1.82) is 0 Å². The van der Waals surface area contributed by atoms with Crippen LogP contribution in [0.25, 0.3) is 0 Å². The molecule has 0 saturated heterocycles. The summed E-state index contributed by atoms with van der Waals surface area (Å²) in [6.45, 7) is 2.89. The molecule has 1 N–H and O–H groups in total. The molecule has 18 heavy (non-hydrogen) atoms. The van der Waals surface area contributed by atoms with Crippen LogP contribution in [0.3, 0.4) is 0 Å². The summed E-state index contributed by atoms with van der Waals surface area (Å²) in [6, 6.07) is 2.09. The number of hydrogen-bond acceptors (Lipinski definition) is 4. The topological polar surface area (TPSA) is 42.7 Å². The fraction of sp³-hybridized carbons (Fsp3) is 0.455. The normalized spacial score (nSPS) is 12.9. The number of hydrogen-bond donors (Lipinski definition) is 1. The van der Waals surface area contributed by atoms with Crippen molar-refractivity contribution >= 4 is 34.5 Å². The molecule has 0 fully saturated rings. The predicted molar refractivity (Wildman–Crippen MR) is 75.5 cm³/mol. The van der Waals surface area contributed by atoms with Gasteiger partial charge in [0.1, 0.15) is 12.2 Å². The van der Waals surface area contributed by atoms with Crippen molar-refractivity contribution in [3.63, 3.8) is 0 Å². The lowest BCUT2D eigenvalue weighted by Crippen LogP contribution is -2.22. The molecule has 0 saturated carbocycles. The summed E-state index contributed by atoms with van der Waals surface area (Å²) in [5.41, 5.74) is 1.05. The largest absolute Gasteiger partial charge is 0.321 e. The summed E-state index contributed by atoms with van der Waals surface area (Å²) in [4.78, 5) is 0. The first-order chi connectivity index (χ1) is 8.58. The highest BCUT2D eigenvalue weighted by Gasteiger charge is 2.13. The third-order valence-electron chi connectivity index (χ3n) is 2.75. The Kier molecular flexibility index (Phi) is 4.61. The maximum Gasteiger partial charge on any atom is 0.133 e. The van der Waals surface area contributed by atoms with Crippen LogP contribution in [0.1, 0.15) is 24.4 Å². The van der Waals surface area contributed by atoms with E-state index in [0.29, 0.717) is 0 Å². The molecule has 4 nitrogen and oxygen atoms in total. The van der Waals surface area contributed by atoms with Gasteiger partial charge in [0.05, 0.1) is 8.67 Å². The monoisotopic (exact) mass is 304 g/mol. The fourth-order valence-corrected chi connectivity index (χ4v) is 3.34. The Morgan fingerprint density at radius 2 is 2.28 bits per heavy atom. The molecule has 0 bridgehead atoms. The SMILES string of the molecule is CC(NCCc1nncn1C)c1cc(Cl)sc1Cl. The van der Waals surface area contributed by atoms with Gasteiger partial charge < -0.3 is 9.88 Å². The van der Waals surface area contributed by atoms with E-state index in [1.807, 2.05) is 17.7 Å². The second kappa shape index (κ2) is 6.02. The maximum absolute atomic E-state index is 6.11. The molecule has 0 aliphatic carbocycles. The molecule has 98 valence electrons. The molecule has 0 spiro atoms. The van der Waals surface area contributed by atoms with Gasteiger partial charge in [0.25, 0.3) is 0 Å². The van der Waals surface area contributed by atoms with Crippen LogP contribution in [-0.2, 0) is 13.5 Å². The van der Waals surface area contributed by atoms with Crippen LogP contribution in [0.15, 0.2) is 12.4 Å². The van der Waals surface area contributed by atoms with Gasteiger partial charge in [0.15, 0.2) is 0 Å². The quantitative estimate of drug-likeness (QED) is 0.923. The minimum Gasteiger partial charge on any atom is -0.321 e. The second-order valence-corrected chi connectivity index (χ2v) is 6.35. The van der Waals surface area contributed by atoms with E-state index in [-0.39, 0.29) is 6.04 Å². The summed E-state index contributed by atoms with van der Waals surface area (Å²) < 4.78 is 3.39. The van der Waals surface area contributed by atoms with E-state index in [0.717, 1.165) is 33.0 Å². The molecule has 0 amide bonds. The first-order valence-electron chi connectivity index (χ1n) is 5.59. The number of nitrogens with one attached hydrogen (secondary N) is 1. The molecular weight excluding hydrogens is 291 g/mol. The summed E-state index contributed by atoms with van der Waals surface area (Å²) in [5, 5.41) is 11.3. The van der Waals surface area contributed by atoms with Crippen molar-refractivity contribution in [3.05, 3.63) is 32.5 Å². The molecule has 2 aromatic rings. The zero-order valence-corrected chi connectivity index (χ0v) is 12.5. The highest BCUT2D eigenvalue weighted by Crippen LogP contribution is 2.34. The Bertz CT molecular complexity index is 523. The van der Waals surface area contributed by atoms with Crippen molar-refractivity contribution in [3.8, 4) is 0 Å². The average molecular weight is 305 g/mol. The number of halogens is 2. The van der Waals surface area contributed by atoms with Gasteiger partial charge in [-0.15, -0.1) is 21.5 Å². The Balaban J connectivity index is 1.87. The maximum atomic E-state index is 6.11. The van der Waals surface area contributed by atoms with E-state index in [2.05, 4.69) is 22.4 Å². The molecule has 2 aromatic heterocycles. The third-order valence-corrected chi connectivity index (χ3v) is 4.27. The first-order valence-corrected chi connectivity index (χ1v) is 7.16. The lowest BCUT2D eigenvalue weighted by atomic mass is 10.2. The van der Waals surface area contributed by atoms with E-state index < -0.39 is 0 Å². The smallest absolute Gasteiger partial charge is 0.133 e. The number of aryl methyl sites for hydroxylation is 1. The van der Waals surface area contributed by atoms with Gasteiger partial charge in [-0.1, -0.05) is 23.2 Å². The van der Waals surface area contributed by atoms with Crippen LogP contribution in [0.5, 0.6) is 0 Å². The van der Waals surface area contributed by atoms with Crippen LogP contribution in [0.2, 0.25) is 8.67 Å². The molecule has 0 aliphatic rings. The zero-order valence-electron chi connectivity index (χ0n) is 10.2. The van der Waals surface area contributed by atoms with Crippen molar-refractivity contribution in [2.24, 2.45) is 7.05 Å². The Labute approximate surface area is 120 Å². The van der Waals surface area contributed by atoms with Gasteiger partial charge in [0, 0.05) is 26.1 Å². The molecule has 0 aliphatic heterocycles. The average Bonchev–Trinajstić information content (AvgIpc) is 2.85. The number of nitrogens with zero attached hydrogens (tertiary/aromatic N) is 3. The molecule has 1 atom stereocenters. The highest BCUT2D eigenvalue weighted by molar-refractivity contribution is 7.20. The van der Waals surface area contributed by atoms with Crippen LogP contribution in [0, 0.1) is 0 Å². The fourth-order valence-electron chi connectivity index (χ4n) is 1.69. The van der Waals surface area contributed by atoms with Crippen molar-refractivity contribution in [2.45, 2.75) is 19.4 Å². The summed E-state index contributed by atoms with van der Waals surface area (Å²) in [7, 11) is 1.94. The first kappa shape index (κ1) is 13.8. The van der Waals surface area contributed by atoms with Gasteiger partial charge >= 0.3 is 0 Å². The van der Waals surface area contributed by atoms with Crippen molar-refractivity contribution < 1.29 is 0 Å². The highest BCUT2D eigenvalue weighted by atomic mass is 35.5. The van der Waals surface area contributed by atoms with Gasteiger partial charge in [-0.05, 0) is 18.6 Å². The van der Waals surface area contributed by atoms with Gasteiger partial charge in [-0.25, -0.2) is 0 Å². The number of aromatic nitrogens is 3. The minimum atomic E-state index is 0.175. The molecule has 2 heterocycles. The van der Waals surface area contributed by atoms with Crippen LogP contribution in [0.4, 0.5) is 0 Å². The van der Waals surface area contributed by atoms with Gasteiger partial charge in [-0.3, -0.25) is 0 Å². The third kappa shape index (κ3) is 3.23. The van der Waals surface area contributed by atoms with E-state index in [9.17, 15) is 0 Å². The van der Waals surface area contributed by atoms with Crippen LogP contribution in [-0.4, -0.2) is 21.3 Å². The van der Waals surface area contributed by atoms with Crippen molar-refractivity contribution in [1.82, 2.24) is 20.1 Å². The molecule has 2 rings (SSSR count). The Morgan fingerprint density at radius 1 is 1.50 bits per heavy atom. The molecule has 7 heteroatoms. The minimum absolute atomic E-state index is 0.175. The van der Waals surface area contributed by atoms with Gasteiger partial charge in [0.2, 0.25) is 0 Å². The standard InChI is InChI=1S/C11H14Cl2N4S/c1-7(8-5-9(12)18-11(8)13)14-4-3-10-16-15-6-17(10)2/h5-7,14H,3-4H2,1-2H3. The van der Waals surface area contributed by atoms with Crippen LogP contribution < -0.4 is 5.32 Å². The van der Waals surface area contributed by atoms with Gasteiger partial charge in [-0.2, -0.15) is 0 Å².